The first-order chi connectivity index (χ1) is 18.7. The molecule has 206 valence electrons. The number of fused-ring (bicyclic) bond motifs is 4. The number of hydrogen-bond acceptors (Lipinski definition) is 2. The van der Waals surface area contributed by atoms with Gasteiger partial charge in [0.1, 0.15) is 0 Å². The Morgan fingerprint density at radius 2 is 1.68 bits per heavy atom. The number of thiophene rings is 1. The number of aryl methyl sites for hydroxylation is 1. The van der Waals surface area contributed by atoms with Gasteiger partial charge in [0.15, 0.2) is 0 Å². The van der Waals surface area contributed by atoms with Gasteiger partial charge in [-0.25, -0.2) is 0 Å². The average molecular weight is 707 g/mol. The second-order valence-electron chi connectivity index (χ2n) is 12.3. The summed E-state index contributed by atoms with van der Waals surface area (Å²) in [7, 11) is -2.02. The van der Waals surface area contributed by atoms with Gasteiger partial charge in [0.25, 0.3) is 0 Å². The Morgan fingerprint density at radius 1 is 0.951 bits per heavy atom. The molecule has 1 atom stereocenters. The summed E-state index contributed by atoms with van der Waals surface area (Å²) in [6, 6.07) is 20.8. The van der Waals surface area contributed by atoms with Gasteiger partial charge >= 0.3 is 256 Å². The molecule has 41 heavy (non-hydrogen) atoms. The summed E-state index contributed by atoms with van der Waals surface area (Å²) < 4.78 is 3.09. The minimum Gasteiger partial charge on any atom is -0.147 e. The zero-order chi connectivity index (χ0) is 27.0. The molecule has 2 aliphatic heterocycles. The molecule has 0 spiro atoms. The third-order valence-corrected chi connectivity index (χ3v) is 17.6. The number of benzene rings is 3. The third-order valence-electron chi connectivity index (χ3n) is 9.36. The number of halogens is 2. The first kappa shape index (κ1) is 29.8. The smallest absolute Gasteiger partial charge is 0.147 e. The van der Waals surface area contributed by atoms with E-state index in [1.54, 1.807) is 59.8 Å². The SMILES string of the molecule is CC1=C2C3=c4c(cc(=C5C(C(C)C)=Cc6c5sc5cccc(C)c65)c(c4-c4ccccc4)[Si]2(C)C)SC3[C]1=[Zr].Cl.Cl. The van der Waals surface area contributed by atoms with Crippen molar-refractivity contribution in [2.75, 3.05) is 0 Å². The minimum absolute atomic E-state index is 0. The van der Waals surface area contributed by atoms with Gasteiger partial charge in [0.2, 0.25) is 0 Å². The summed E-state index contributed by atoms with van der Waals surface area (Å²) >= 11 is 5.73. The summed E-state index contributed by atoms with van der Waals surface area (Å²) in [6.07, 6.45) is 2.55. The van der Waals surface area contributed by atoms with Crippen molar-refractivity contribution in [3.63, 3.8) is 0 Å². The second kappa shape index (κ2) is 10.1. The number of rotatable bonds is 2. The van der Waals surface area contributed by atoms with E-state index in [9.17, 15) is 0 Å². The molecular weight excluding hydrogens is 675 g/mol. The Morgan fingerprint density at radius 3 is 2.39 bits per heavy atom. The molecule has 0 nitrogen and oxygen atoms in total. The average Bonchev–Trinajstić information content (AvgIpc) is 3.62. The number of thioether (sulfide) groups is 1. The molecule has 2 bridgehead atoms. The standard InChI is InChI=1S/C35H30S2Si.2ClH.Zr/c1-18(2)22-16-23-28-19(3)11-10-14-25(28)37-33(23)30(22)24-17-27-31-29(21-12-8-7-9-13-21)35(24)38(5,6)34-20(4)15-26(36-27)32(31)34;;;/h7-14,16-18,26H,1-6H3;2*1H;. The van der Waals surface area contributed by atoms with Gasteiger partial charge in [-0.2, -0.15) is 0 Å². The van der Waals surface area contributed by atoms with E-state index in [2.05, 4.69) is 113 Å². The Labute approximate surface area is 278 Å². The molecule has 0 N–H and O–H groups in total. The van der Waals surface area contributed by atoms with Crippen molar-refractivity contribution in [1.82, 2.24) is 0 Å². The molecule has 1 aromatic heterocycles. The van der Waals surface area contributed by atoms with Crippen molar-refractivity contribution in [2.45, 2.75) is 50.9 Å². The fraction of sp³-hybridized carbons (Fsp3) is 0.229. The third kappa shape index (κ3) is 3.84. The van der Waals surface area contributed by atoms with Gasteiger partial charge in [-0.15, -0.1) is 24.8 Å². The van der Waals surface area contributed by atoms with Crippen LogP contribution in [0, 0.1) is 12.8 Å². The molecule has 6 heteroatoms. The van der Waals surface area contributed by atoms with Gasteiger partial charge in [0, 0.05) is 0 Å². The van der Waals surface area contributed by atoms with Crippen molar-refractivity contribution in [2.24, 2.45) is 5.92 Å². The van der Waals surface area contributed by atoms with Crippen LogP contribution in [0.25, 0.3) is 38.4 Å². The predicted molar refractivity (Wildman–Crippen MR) is 185 cm³/mol. The summed E-state index contributed by atoms with van der Waals surface area (Å²) in [5.41, 5.74) is 12.1. The molecule has 0 saturated heterocycles. The van der Waals surface area contributed by atoms with Gasteiger partial charge in [-0.1, -0.05) is 0 Å². The Kier molecular flexibility index (Phi) is 7.37. The van der Waals surface area contributed by atoms with E-state index in [0.29, 0.717) is 11.2 Å². The molecule has 4 aliphatic rings. The fourth-order valence-electron chi connectivity index (χ4n) is 7.76. The second-order valence-corrected chi connectivity index (χ2v) is 20.1. The van der Waals surface area contributed by atoms with E-state index in [4.69, 9.17) is 0 Å². The zero-order valence-electron chi connectivity index (χ0n) is 24.1. The van der Waals surface area contributed by atoms with Crippen LogP contribution < -0.4 is 15.6 Å². The largest absolute Gasteiger partial charge is 0.147 e. The normalized spacial score (nSPS) is 20.4. The summed E-state index contributed by atoms with van der Waals surface area (Å²) in [4.78, 5) is 2.99. The van der Waals surface area contributed by atoms with Crippen LogP contribution in [0.4, 0.5) is 0 Å². The van der Waals surface area contributed by atoms with Crippen LogP contribution in [0.3, 0.4) is 0 Å². The fourth-order valence-corrected chi connectivity index (χ4v) is 16.1. The molecule has 3 aromatic carbocycles. The molecule has 4 aromatic rings. The van der Waals surface area contributed by atoms with Crippen LogP contribution in [0.5, 0.6) is 0 Å². The molecule has 2 aliphatic carbocycles. The monoisotopic (exact) mass is 704 g/mol. The summed E-state index contributed by atoms with van der Waals surface area (Å²) in [5.74, 6) is 0.472. The van der Waals surface area contributed by atoms with Crippen molar-refractivity contribution in [3.05, 3.63) is 97.4 Å². The minimum atomic E-state index is -2.02. The molecular formula is C35H32Cl2S2SiZr. The maximum absolute atomic E-state index is 2.64. The molecule has 0 saturated carbocycles. The van der Waals surface area contributed by atoms with E-state index in [0.717, 1.165) is 0 Å². The summed E-state index contributed by atoms with van der Waals surface area (Å²) in [6.45, 7) is 14.8. The van der Waals surface area contributed by atoms with Crippen molar-refractivity contribution in [1.29, 1.82) is 0 Å². The van der Waals surface area contributed by atoms with Gasteiger partial charge in [-0.3, -0.25) is 0 Å². The van der Waals surface area contributed by atoms with Gasteiger partial charge < -0.3 is 0 Å². The van der Waals surface area contributed by atoms with E-state index in [1.165, 1.54) is 52.9 Å². The van der Waals surface area contributed by atoms with Crippen molar-refractivity contribution < 1.29 is 24.2 Å². The number of allylic oxidation sites excluding steroid dienone is 3. The maximum atomic E-state index is 2.64. The number of hydrogen-bond donors (Lipinski definition) is 0. The van der Waals surface area contributed by atoms with Crippen LogP contribution in [0.1, 0.15) is 36.8 Å². The van der Waals surface area contributed by atoms with E-state index in [-0.39, 0.29) is 24.8 Å². The summed E-state index contributed by atoms with van der Waals surface area (Å²) in [5, 5.41) is 8.49. The van der Waals surface area contributed by atoms with Gasteiger partial charge in [-0.05, 0) is 0 Å². The zero-order valence-corrected chi connectivity index (χ0v) is 30.8. The van der Waals surface area contributed by atoms with Crippen molar-refractivity contribution in [3.8, 4) is 11.1 Å². The van der Waals surface area contributed by atoms with Crippen LogP contribution in [0.2, 0.25) is 13.1 Å². The topological polar surface area (TPSA) is 0 Å². The Hall–Kier alpha value is -1.26. The first-order valence-corrected chi connectivity index (χ1v) is 19.9. The molecule has 3 heterocycles. The molecule has 8 rings (SSSR count). The molecule has 0 radical (unpaired) electrons. The van der Waals surface area contributed by atoms with Crippen LogP contribution in [-0.4, -0.2) is 16.5 Å². The van der Waals surface area contributed by atoms with E-state index < -0.39 is 8.07 Å². The van der Waals surface area contributed by atoms with Crippen LogP contribution in [-0.2, 0) is 24.2 Å². The Bertz CT molecular complexity index is 2030. The van der Waals surface area contributed by atoms with Gasteiger partial charge in [0.05, 0.1) is 0 Å². The first-order valence-electron chi connectivity index (χ1n) is 13.9. The molecule has 0 amide bonds. The van der Waals surface area contributed by atoms with Crippen molar-refractivity contribution >= 4 is 91.7 Å². The van der Waals surface area contributed by atoms with E-state index >= 15 is 0 Å². The maximum Gasteiger partial charge on any atom is -0.147 e. The molecule has 1 unspecified atom stereocenters. The predicted octanol–water partition coefficient (Wildman–Crippen LogP) is 8.11. The quantitative estimate of drug-likeness (QED) is 0.190. The van der Waals surface area contributed by atoms with E-state index in [1.807, 2.05) is 11.3 Å². The molecule has 0 fully saturated rings. The Balaban J connectivity index is 0.00000151. The van der Waals surface area contributed by atoms with Crippen LogP contribution in [0.15, 0.2) is 75.8 Å². The van der Waals surface area contributed by atoms with Crippen LogP contribution >= 0.6 is 47.9 Å².